The van der Waals surface area contributed by atoms with Crippen molar-refractivity contribution in [3.05, 3.63) is 23.8 Å². The summed E-state index contributed by atoms with van der Waals surface area (Å²) in [4.78, 5) is 0. The normalized spacial score (nSPS) is 9.00. The van der Waals surface area contributed by atoms with Gasteiger partial charge in [-0.25, -0.2) is 0 Å². The molecule has 3 N–H and O–H groups in total. The van der Waals surface area contributed by atoms with Gasteiger partial charge in [-0.3, -0.25) is 0 Å². The quantitative estimate of drug-likeness (QED) is 0.312. The molecule has 0 amide bonds. The van der Waals surface area contributed by atoms with Gasteiger partial charge in [-0.15, -0.1) is 11.6 Å². The van der Waals surface area contributed by atoms with E-state index in [4.69, 9.17) is 17.3 Å². The third-order valence-electron chi connectivity index (χ3n) is 1.46. The van der Waals surface area contributed by atoms with Crippen LogP contribution in [0.15, 0.2) is 18.2 Å². The number of halogens is 1. The van der Waals surface area contributed by atoms with Crippen LogP contribution < -0.4 is 5.73 Å². The standard InChI is InChI=1S/C10H10ClNO/c11-6-2-1-3-8-7-9(12)4-5-10(8)13/h4-5,7,13H,2,6,12H2. The predicted molar refractivity (Wildman–Crippen MR) is 54.7 cm³/mol. The van der Waals surface area contributed by atoms with Crippen LogP contribution >= 0.6 is 11.6 Å². The molecule has 0 aliphatic rings. The number of aromatic hydroxyl groups is 1. The molecule has 0 unspecified atom stereocenters. The molecule has 1 aromatic carbocycles. The highest BCUT2D eigenvalue weighted by atomic mass is 35.5. The fraction of sp³-hybridized carbons (Fsp3) is 0.200. The van der Waals surface area contributed by atoms with Gasteiger partial charge >= 0.3 is 0 Å². The number of nitrogen functional groups attached to an aromatic ring is 1. The minimum atomic E-state index is 0.149. The maximum Gasteiger partial charge on any atom is 0.131 e. The van der Waals surface area contributed by atoms with Crippen molar-refractivity contribution in [2.45, 2.75) is 6.42 Å². The maximum atomic E-state index is 9.34. The summed E-state index contributed by atoms with van der Waals surface area (Å²) >= 11 is 5.45. The van der Waals surface area contributed by atoms with Crippen LogP contribution in [0.5, 0.6) is 5.75 Å². The lowest BCUT2D eigenvalue weighted by Gasteiger charge is -1.97. The lowest BCUT2D eigenvalue weighted by molar-refractivity contribution is 0.474. The number of rotatable bonds is 1. The Balaban J connectivity index is 2.89. The van der Waals surface area contributed by atoms with Gasteiger partial charge in [0.05, 0.1) is 5.56 Å². The average molecular weight is 196 g/mol. The zero-order valence-electron chi connectivity index (χ0n) is 7.05. The number of hydrogen-bond acceptors (Lipinski definition) is 2. The molecule has 0 fully saturated rings. The van der Waals surface area contributed by atoms with Crippen LogP contribution in [0.4, 0.5) is 5.69 Å². The van der Waals surface area contributed by atoms with Crippen molar-refractivity contribution in [3.8, 4) is 17.6 Å². The molecule has 1 rings (SSSR count). The van der Waals surface area contributed by atoms with Crippen molar-refractivity contribution in [1.82, 2.24) is 0 Å². The summed E-state index contributed by atoms with van der Waals surface area (Å²) in [6.07, 6.45) is 0.607. The van der Waals surface area contributed by atoms with E-state index in [2.05, 4.69) is 11.8 Å². The number of hydrogen-bond donors (Lipinski definition) is 2. The van der Waals surface area contributed by atoms with Crippen molar-refractivity contribution >= 4 is 17.3 Å². The molecule has 0 heterocycles. The van der Waals surface area contributed by atoms with Gasteiger partial charge in [-0.05, 0) is 18.2 Å². The lowest BCUT2D eigenvalue weighted by Crippen LogP contribution is -1.85. The monoisotopic (exact) mass is 195 g/mol. The highest BCUT2D eigenvalue weighted by Crippen LogP contribution is 2.18. The van der Waals surface area contributed by atoms with Crippen LogP contribution in [0.2, 0.25) is 0 Å². The van der Waals surface area contributed by atoms with Crippen molar-refractivity contribution in [1.29, 1.82) is 0 Å². The van der Waals surface area contributed by atoms with Crippen LogP contribution in [0.1, 0.15) is 12.0 Å². The number of anilines is 1. The molecule has 3 heteroatoms. The third kappa shape index (κ3) is 2.89. The average Bonchev–Trinajstić information content (AvgIpc) is 2.11. The second-order valence-electron chi connectivity index (χ2n) is 2.52. The topological polar surface area (TPSA) is 46.2 Å². The Morgan fingerprint density at radius 3 is 2.92 bits per heavy atom. The minimum Gasteiger partial charge on any atom is -0.507 e. The summed E-state index contributed by atoms with van der Waals surface area (Å²) in [5, 5.41) is 9.34. The SMILES string of the molecule is Nc1ccc(O)c(C#CCCCl)c1. The van der Waals surface area contributed by atoms with E-state index in [1.54, 1.807) is 12.1 Å². The second kappa shape index (κ2) is 4.64. The number of nitrogens with two attached hydrogens (primary N) is 1. The third-order valence-corrected chi connectivity index (χ3v) is 1.65. The van der Waals surface area contributed by atoms with E-state index < -0.39 is 0 Å². The summed E-state index contributed by atoms with van der Waals surface area (Å²) in [6.45, 7) is 0. The van der Waals surface area contributed by atoms with Crippen LogP contribution in [-0.4, -0.2) is 11.0 Å². The molecule has 0 aromatic heterocycles. The Morgan fingerprint density at radius 2 is 2.23 bits per heavy atom. The molecule has 2 nitrogen and oxygen atoms in total. The molecule has 0 saturated heterocycles. The molecular weight excluding hydrogens is 186 g/mol. The van der Waals surface area contributed by atoms with Gasteiger partial charge in [0.25, 0.3) is 0 Å². The van der Waals surface area contributed by atoms with E-state index in [9.17, 15) is 5.11 Å². The van der Waals surface area contributed by atoms with Crippen molar-refractivity contribution < 1.29 is 5.11 Å². The number of phenols is 1. The zero-order chi connectivity index (χ0) is 9.68. The Hall–Kier alpha value is -1.33. The van der Waals surface area contributed by atoms with Gasteiger partial charge in [-0.1, -0.05) is 11.8 Å². The molecular formula is C10H10ClNO. The van der Waals surface area contributed by atoms with Gasteiger partial charge in [0.1, 0.15) is 5.75 Å². The van der Waals surface area contributed by atoms with Gasteiger partial charge in [0.2, 0.25) is 0 Å². The van der Waals surface area contributed by atoms with Crippen LogP contribution in [-0.2, 0) is 0 Å². The molecule has 68 valence electrons. The first-order valence-electron chi connectivity index (χ1n) is 3.87. The molecule has 0 atom stereocenters. The summed E-state index contributed by atoms with van der Waals surface area (Å²) < 4.78 is 0. The molecule has 1 aromatic rings. The highest BCUT2D eigenvalue weighted by Gasteiger charge is 1.96. The molecule has 13 heavy (non-hydrogen) atoms. The molecule has 0 aliphatic carbocycles. The minimum absolute atomic E-state index is 0.149. The zero-order valence-corrected chi connectivity index (χ0v) is 7.80. The Labute approximate surface area is 82.3 Å². The van der Waals surface area contributed by atoms with Crippen LogP contribution in [0.3, 0.4) is 0 Å². The van der Waals surface area contributed by atoms with E-state index in [1.807, 2.05) is 0 Å². The maximum absolute atomic E-state index is 9.34. The van der Waals surface area contributed by atoms with Crippen molar-refractivity contribution in [2.75, 3.05) is 11.6 Å². The first kappa shape index (κ1) is 9.76. The number of alkyl halides is 1. The number of benzene rings is 1. The summed E-state index contributed by atoms with van der Waals surface area (Å²) in [5.74, 6) is 6.26. The first-order valence-corrected chi connectivity index (χ1v) is 4.41. The fourth-order valence-corrected chi connectivity index (χ4v) is 0.953. The van der Waals surface area contributed by atoms with E-state index in [1.165, 1.54) is 6.07 Å². The Morgan fingerprint density at radius 1 is 1.46 bits per heavy atom. The van der Waals surface area contributed by atoms with E-state index in [-0.39, 0.29) is 5.75 Å². The second-order valence-corrected chi connectivity index (χ2v) is 2.90. The molecule has 0 bridgehead atoms. The number of phenolic OH excluding ortho intramolecular Hbond substituents is 1. The lowest BCUT2D eigenvalue weighted by atomic mass is 10.2. The van der Waals surface area contributed by atoms with Crippen LogP contribution in [0, 0.1) is 11.8 Å². The predicted octanol–water partition coefficient (Wildman–Crippen LogP) is 1.95. The molecule has 0 radical (unpaired) electrons. The smallest absolute Gasteiger partial charge is 0.131 e. The van der Waals surface area contributed by atoms with Gasteiger partial charge in [0, 0.05) is 18.0 Å². The highest BCUT2D eigenvalue weighted by molar-refractivity contribution is 6.18. The first-order chi connectivity index (χ1) is 6.24. The van der Waals surface area contributed by atoms with E-state index >= 15 is 0 Å². The van der Waals surface area contributed by atoms with Gasteiger partial charge in [-0.2, -0.15) is 0 Å². The summed E-state index contributed by atoms with van der Waals surface area (Å²) in [6, 6.07) is 4.79. The molecule has 0 spiro atoms. The van der Waals surface area contributed by atoms with Crippen molar-refractivity contribution in [3.63, 3.8) is 0 Å². The summed E-state index contributed by atoms with van der Waals surface area (Å²) in [5.41, 5.74) is 6.66. The van der Waals surface area contributed by atoms with Crippen LogP contribution in [0.25, 0.3) is 0 Å². The van der Waals surface area contributed by atoms with Gasteiger partial charge < -0.3 is 10.8 Å². The Kier molecular flexibility index (Phi) is 3.48. The fourth-order valence-electron chi connectivity index (χ4n) is 0.859. The van der Waals surface area contributed by atoms with E-state index in [0.717, 1.165) is 0 Å². The van der Waals surface area contributed by atoms with Gasteiger partial charge in [0.15, 0.2) is 0 Å². The summed E-state index contributed by atoms with van der Waals surface area (Å²) in [7, 11) is 0. The van der Waals surface area contributed by atoms with Crippen molar-refractivity contribution in [2.24, 2.45) is 0 Å². The molecule has 0 saturated carbocycles. The largest absolute Gasteiger partial charge is 0.507 e. The Bertz CT molecular complexity index is 352. The molecule has 0 aliphatic heterocycles. The van der Waals surface area contributed by atoms with E-state index in [0.29, 0.717) is 23.6 Å².